The summed E-state index contributed by atoms with van der Waals surface area (Å²) >= 11 is 0. The molecule has 0 aromatic heterocycles. The van der Waals surface area contributed by atoms with Crippen molar-refractivity contribution in [2.75, 3.05) is 4.90 Å². The van der Waals surface area contributed by atoms with Crippen LogP contribution < -0.4 is 4.90 Å². The van der Waals surface area contributed by atoms with Crippen molar-refractivity contribution < 1.29 is 0 Å². The summed E-state index contributed by atoms with van der Waals surface area (Å²) in [6, 6.07) is 77.4. The molecule has 0 aliphatic heterocycles. The van der Waals surface area contributed by atoms with Gasteiger partial charge < -0.3 is 4.90 Å². The van der Waals surface area contributed by atoms with Crippen LogP contribution in [0.3, 0.4) is 0 Å². The van der Waals surface area contributed by atoms with E-state index in [0.717, 1.165) is 17.8 Å². The van der Waals surface area contributed by atoms with Gasteiger partial charge in [-0.25, -0.2) is 0 Å². The van der Waals surface area contributed by atoms with Crippen LogP contribution in [0.1, 0.15) is 42.5 Å². The molecule has 0 saturated heterocycles. The molecule has 0 N–H and O–H groups in total. The highest BCUT2D eigenvalue weighted by molar-refractivity contribution is 5.97. The standard InChI is InChI=1S/C58H45N/c1-3-58(2)55-38-42(30-36-53(55)54-37-35-50(40-56(54)58)59(48-20-9-5-10-21-48)49-22-11-6-12-23-49)27-26-41-28-31-45(32-29-41)57-51(44-17-7-4-8-18-44)24-15-25-52(57)47-34-33-43-16-13-14-19-46(43)39-47/h4-40H,3H2,1-2H3/b27-26+. The summed E-state index contributed by atoms with van der Waals surface area (Å²) in [5.41, 5.74) is 18.6. The predicted molar refractivity (Wildman–Crippen MR) is 252 cm³/mol. The summed E-state index contributed by atoms with van der Waals surface area (Å²) in [5, 5.41) is 2.50. The lowest BCUT2D eigenvalue weighted by atomic mass is 9.77. The van der Waals surface area contributed by atoms with Crippen LogP contribution in [-0.4, -0.2) is 0 Å². The largest absolute Gasteiger partial charge is 0.310 e. The maximum atomic E-state index is 2.43. The van der Waals surface area contributed by atoms with Gasteiger partial charge in [-0.2, -0.15) is 0 Å². The second-order valence-corrected chi connectivity index (χ2v) is 15.8. The Hall–Kier alpha value is -7.22. The van der Waals surface area contributed by atoms with Crippen molar-refractivity contribution in [3.63, 3.8) is 0 Å². The van der Waals surface area contributed by atoms with Crippen molar-refractivity contribution in [2.45, 2.75) is 25.7 Å². The van der Waals surface area contributed by atoms with Crippen molar-refractivity contribution >= 4 is 40.0 Å². The van der Waals surface area contributed by atoms with Crippen molar-refractivity contribution in [1.29, 1.82) is 0 Å². The summed E-state index contributed by atoms with van der Waals surface area (Å²) in [4.78, 5) is 2.36. The van der Waals surface area contributed by atoms with Crippen LogP contribution in [0.5, 0.6) is 0 Å². The van der Waals surface area contributed by atoms with Crippen LogP contribution in [0.4, 0.5) is 17.1 Å². The van der Waals surface area contributed by atoms with E-state index in [-0.39, 0.29) is 5.41 Å². The number of anilines is 3. The summed E-state index contributed by atoms with van der Waals surface area (Å²) in [5.74, 6) is 0. The third-order valence-corrected chi connectivity index (χ3v) is 12.4. The van der Waals surface area contributed by atoms with Crippen molar-refractivity contribution in [1.82, 2.24) is 0 Å². The predicted octanol–water partition coefficient (Wildman–Crippen LogP) is 16.2. The lowest BCUT2D eigenvalue weighted by Gasteiger charge is -2.29. The molecule has 0 bridgehead atoms. The molecule has 0 fully saturated rings. The zero-order valence-electron chi connectivity index (χ0n) is 33.5. The molecule has 10 rings (SSSR count). The van der Waals surface area contributed by atoms with E-state index in [1.54, 1.807) is 0 Å². The van der Waals surface area contributed by atoms with Crippen molar-refractivity contribution in [3.05, 3.63) is 235 Å². The van der Waals surface area contributed by atoms with Gasteiger partial charge in [-0.3, -0.25) is 0 Å². The van der Waals surface area contributed by atoms with E-state index in [1.807, 2.05) is 0 Å². The molecule has 1 aliphatic rings. The summed E-state index contributed by atoms with van der Waals surface area (Å²) in [6.45, 7) is 4.74. The van der Waals surface area contributed by atoms with Crippen LogP contribution >= 0.6 is 0 Å². The van der Waals surface area contributed by atoms with Gasteiger partial charge in [0.25, 0.3) is 0 Å². The lowest BCUT2D eigenvalue weighted by Crippen LogP contribution is -2.20. The molecule has 59 heavy (non-hydrogen) atoms. The third kappa shape index (κ3) is 6.65. The van der Waals surface area contributed by atoms with Gasteiger partial charge >= 0.3 is 0 Å². The Bertz CT molecular complexity index is 2920. The van der Waals surface area contributed by atoms with E-state index in [0.29, 0.717) is 0 Å². The second-order valence-electron chi connectivity index (χ2n) is 15.8. The number of hydrogen-bond acceptors (Lipinski definition) is 1. The Balaban J connectivity index is 0.971. The first-order valence-corrected chi connectivity index (χ1v) is 20.7. The van der Waals surface area contributed by atoms with E-state index >= 15 is 0 Å². The van der Waals surface area contributed by atoms with Crippen molar-refractivity contribution in [2.24, 2.45) is 0 Å². The minimum Gasteiger partial charge on any atom is -0.310 e. The van der Waals surface area contributed by atoms with E-state index in [2.05, 4.69) is 243 Å². The fraction of sp³-hybridized carbons (Fsp3) is 0.0690. The Morgan fingerprint density at radius 1 is 0.390 bits per heavy atom. The van der Waals surface area contributed by atoms with Gasteiger partial charge in [0.05, 0.1) is 0 Å². The van der Waals surface area contributed by atoms with Crippen LogP contribution in [-0.2, 0) is 5.41 Å². The molecule has 1 unspecified atom stereocenters. The topological polar surface area (TPSA) is 3.24 Å². The molecule has 1 atom stereocenters. The normalized spacial score (nSPS) is 14.3. The molecular weight excluding hydrogens is 711 g/mol. The monoisotopic (exact) mass is 755 g/mol. The van der Waals surface area contributed by atoms with Gasteiger partial charge in [0.2, 0.25) is 0 Å². The molecule has 9 aromatic rings. The molecule has 0 amide bonds. The first-order valence-electron chi connectivity index (χ1n) is 20.7. The van der Waals surface area contributed by atoms with Gasteiger partial charge in [0, 0.05) is 22.5 Å². The first kappa shape index (κ1) is 36.1. The van der Waals surface area contributed by atoms with Gasteiger partial charge in [-0.15, -0.1) is 0 Å². The minimum atomic E-state index is -0.111. The Labute approximate surface area is 348 Å². The number of hydrogen-bond donors (Lipinski definition) is 0. The minimum absolute atomic E-state index is 0.111. The molecule has 0 saturated carbocycles. The van der Waals surface area contributed by atoms with Crippen LogP contribution in [0.15, 0.2) is 212 Å². The van der Waals surface area contributed by atoms with E-state index < -0.39 is 0 Å². The molecule has 0 radical (unpaired) electrons. The number of para-hydroxylation sites is 2. The smallest absolute Gasteiger partial charge is 0.0465 e. The Kier molecular flexibility index (Phi) is 9.35. The fourth-order valence-corrected chi connectivity index (χ4v) is 9.12. The number of nitrogens with zero attached hydrogens (tertiary/aromatic N) is 1. The van der Waals surface area contributed by atoms with Gasteiger partial charge in [-0.1, -0.05) is 196 Å². The van der Waals surface area contributed by atoms with E-state index in [4.69, 9.17) is 0 Å². The average molecular weight is 756 g/mol. The highest BCUT2D eigenvalue weighted by Gasteiger charge is 2.38. The highest BCUT2D eigenvalue weighted by atomic mass is 15.1. The summed E-state index contributed by atoms with van der Waals surface area (Å²) in [7, 11) is 0. The van der Waals surface area contributed by atoms with Crippen LogP contribution in [0.25, 0.3) is 67.4 Å². The fourth-order valence-electron chi connectivity index (χ4n) is 9.12. The van der Waals surface area contributed by atoms with Gasteiger partial charge in [0.1, 0.15) is 0 Å². The molecule has 1 aliphatic carbocycles. The number of benzene rings is 9. The maximum Gasteiger partial charge on any atom is 0.0465 e. The van der Waals surface area contributed by atoms with E-state index in [1.165, 1.54) is 83.2 Å². The van der Waals surface area contributed by atoms with Crippen LogP contribution in [0.2, 0.25) is 0 Å². The molecule has 1 heteroatoms. The van der Waals surface area contributed by atoms with Gasteiger partial charge in [0.15, 0.2) is 0 Å². The second kappa shape index (κ2) is 15.3. The van der Waals surface area contributed by atoms with Gasteiger partial charge in [-0.05, 0) is 126 Å². The molecule has 0 heterocycles. The SMILES string of the molecule is CCC1(C)c2cc(/C=C/c3ccc(-c4c(-c5ccccc5)cccc4-c4ccc5ccccc5c4)cc3)ccc2-c2ccc(N(c3ccccc3)c3ccccc3)cc21. The number of fused-ring (bicyclic) bond motifs is 4. The zero-order chi connectivity index (χ0) is 39.8. The summed E-state index contributed by atoms with van der Waals surface area (Å²) < 4.78 is 0. The molecule has 1 nitrogen and oxygen atoms in total. The Morgan fingerprint density at radius 3 is 1.61 bits per heavy atom. The zero-order valence-corrected chi connectivity index (χ0v) is 33.5. The molecule has 9 aromatic carbocycles. The van der Waals surface area contributed by atoms with Crippen molar-refractivity contribution in [3.8, 4) is 44.5 Å². The number of rotatable bonds is 9. The van der Waals surface area contributed by atoms with Crippen LogP contribution in [0, 0.1) is 0 Å². The molecule has 0 spiro atoms. The first-order chi connectivity index (χ1) is 29.1. The highest BCUT2D eigenvalue weighted by Crippen LogP contribution is 2.53. The maximum absolute atomic E-state index is 2.43. The summed E-state index contributed by atoms with van der Waals surface area (Å²) in [6.07, 6.45) is 5.53. The van der Waals surface area contributed by atoms with E-state index in [9.17, 15) is 0 Å². The average Bonchev–Trinajstić information content (AvgIpc) is 3.55. The molecular formula is C58H45N. The molecule has 282 valence electrons. The Morgan fingerprint density at radius 2 is 0.932 bits per heavy atom. The third-order valence-electron chi connectivity index (χ3n) is 12.4. The quantitative estimate of drug-likeness (QED) is 0.133. The lowest BCUT2D eigenvalue weighted by molar-refractivity contribution is 0.564.